The van der Waals surface area contributed by atoms with Crippen LogP contribution in [0.4, 0.5) is 14.5 Å². The molecule has 162 valence electrons. The van der Waals surface area contributed by atoms with E-state index in [1.807, 2.05) is 24.3 Å². The van der Waals surface area contributed by atoms with Crippen molar-refractivity contribution in [3.05, 3.63) is 54.1 Å². The summed E-state index contributed by atoms with van der Waals surface area (Å²) in [4.78, 5) is 15.8. The summed E-state index contributed by atoms with van der Waals surface area (Å²) in [6.07, 6.45) is -0.0302. The molecule has 0 unspecified atom stereocenters. The Morgan fingerprint density at radius 1 is 1.07 bits per heavy atom. The molecular formula is C20H23F2N3O4S. The minimum Gasteiger partial charge on any atom is -0.495 e. The number of halogens is 2. The Kier molecular flexibility index (Phi) is 6.88. The largest absolute Gasteiger partial charge is 0.495 e. The van der Waals surface area contributed by atoms with Gasteiger partial charge in [0.15, 0.2) is 11.6 Å². The van der Waals surface area contributed by atoms with E-state index in [4.69, 9.17) is 4.74 Å². The SMILES string of the molecule is COc1ccccc1N1CCN(C(=O)CCNS(=O)(=O)c2ccc(F)c(F)c2)CC1. The molecule has 2 aromatic rings. The third-order valence-electron chi connectivity index (χ3n) is 4.89. The van der Waals surface area contributed by atoms with Gasteiger partial charge in [0.25, 0.3) is 0 Å². The zero-order valence-electron chi connectivity index (χ0n) is 16.5. The molecule has 1 saturated heterocycles. The summed E-state index contributed by atoms with van der Waals surface area (Å²) < 4.78 is 58.2. The quantitative estimate of drug-likeness (QED) is 0.714. The van der Waals surface area contributed by atoms with Gasteiger partial charge in [0.05, 0.1) is 17.7 Å². The van der Waals surface area contributed by atoms with Crippen LogP contribution in [-0.2, 0) is 14.8 Å². The Morgan fingerprint density at radius 3 is 2.43 bits per heavy atom. The van der Waals surface area contributed by atoms with Crippen LogP contribution in [0.1, 0.15) is 6.42 Å². The number of sulfonamides is 1. The van der Waals surface area contributed by atoms with Gasteiger partial charge in [-0.2, -0.15) is 0 Å². The predicted molar refractivity (Wildman–Crippen MR) is 108 cm³/mol. The molecule has 1 aliphatic rings. The van der Waals surface area contributed by atoms with Gasteiger partial charge in [-0.15, -0.1) is 0 Å². The summed E-state index contributed by atoms with van der Waals surface area (Å²) in [5, 5.41) is 0. The molecule has 1 amide bonds. The van der Waals surface area contributed by atoms with Crippen molar-refractivity contribution in [2.75, 3.05) is 44.7 Å². The normalized spacial score (nSPS) is 14.6. The Hall–Kier alpha value is -2.72. The summed E-state index contributed by atoms with van der Waals surface area (Å²) in [6, 6.07) is 9.99. The maximum atomic E-state index is 13.3. The van der Waals surface area contributed by atoms with Crippen LogP contribution in [0.2, 0.25) is 0 Å². The van der Waals surface area contributed by atoms with Gasteiger partial charge < -0.3 is 14.5 Å². The molecular weight excluding hydrogens is 416 g/mol. The Labute approximate surface area is 174 Å². The van der Waals surface area contributed by atoms with Crippen molar-refractivity contribution in [1.29, 1.82) is 0 Å². The van der Waals surface area contributed by atoms with Crippen molar-refractivity contribution in [1.82, 2.24) is 9.62 Å². The van der Waals surface area contributed by atoms with Crippen molar-refractivity contribution < 1.29 is 26.7 Å². The van der Waals surface area contributed by atoms with Crippen LogP contribution in [0.5, 0.6) is 5.75 Å². The summed E-state index contributed by atoms with van der Waals surface area (Å²) >= 11 is 0. The molecule has 0 bridgehead atoms. The first-order valence-electron chi connectivity index (χ1n) is 9.42. The molecule has 0 atom stereocenters. The minimum absolute atomic E-state index is 0.0302. The zero-order valence-corrected chi connectivity index (χ0v) is 17.3. The number of anilines is 1. The molecule has 3 rings (SSSR count). The topological polar surface area (TPSA) is 79.0 Å². The lowest BCUT2D eigenvalue weighted by molar-refractivity contribution is -0.131. The summed E-state index contributed by atoms with van der Waals surface area (Å²) in [5.41, 5.74) is 0.964. The van der Waals surface area contributed by atoms with E-state index in [0.717, 1.165) is 23.6 Å². The van der Waals surface area contributed by atoms with Gasteiger partial charge in [0.1, 0.15) is 5.75 Å². The van der Waals surface area contributed by atoms with Gasteiger partial charge in [0, 0.05) is 39.1 Å². The van der Waals surface area contributed by atoms with E-state index in [2.05, 4.69) is 9.62 Å². The second-order valence-electron chi connectivity index (χ2n) is 6.76. The van der Waals surface area contributed by atoms with Crippen LogP contribution < -0.4 is 14.4 Å². The summed E-state index contributed by atoms with van der Waals surface area (Å²) in [7, 11) is -2.42. The highest BCUT2D eigenvalue weighted by molar-refractivity contribution is 7.89. The van der Waals surface area contributed by atoms with Gasteiger partial charge in [-0.25, -0.2) is 21.9 Å². The van der Waals surface area contributed by atoms with Crippen LogP contribution in [0, 0.1) is 11.6 Å². The number of rotatable bonds is 7. The minimum atomic E-state index is -4.03. The molecule has 2 aromatic carbocycles. The fourth-order valence-corrected chi connectivity index (χ4v) is 4.31. The van der Waals surface area contributed by atoms with Crippen LogP contribution in [0.3, 0.4) is 0 Å². The third-order valence-corrected chi connectivity index (χ3v) is 6.35. The Bertz CT molecular complexity index is 1010. The molecule has 1 N–H and O–H groups in total. The molecule has 1 aliphatic heterocycles. The van der Waals surface area contributed by atoms with E-state index in [9.17, 15) is 22.0 Å². The van der Waals surface area contributed by atoms with Crippen LogP contribution in [0.15, 0.2) is 47.4 Å². The Morgan fingerprint density at radius 2 is 1.77 bits per heavy atom. The van der Waals surface area contributed by atoms with Crippen molar-refractivity contribution in [2.24, 2.45) is 0 Å². The molecule has 0 saturated carbocycles. The number of hydrogen-bond donors (Lipinski definition) is 1. The molecule has 0 aliphatic carbocycles. The van der Waals surface area contributed by atoms with Gasteiger partial charge in [0.2, 0.25) is 15.9 Å². The van der Waals surface area contributed by atoms with E-state index in [-0.39, 0.29) is 23.8 Å². The molecule has 7 nitrogen and oxygen atoms in total. The summed E-state index contributed by atoms with van der Waals surface area (Å²) in [6.45, 7) is 2.14. The molecule has 30 heavy (non-hydrogen) atoms. The monoisotopic (exact) mass is 439 g/mol. The van der Waals surface area contributed by atoms with E-state index >= 15 is 0 Å². The molecule has 0 spiro atoms. The number of ether oxygens (including phenoxy) is 1. The Balaban J connectivity index is 1.50. The maximum Gasteiger partial charge on any atom is 0.240 e. The smallest absolute Gasteiger partial charge is 0.240 e. The number of benzene rings is 2. The zero-order chi connectivity index (χ0) is 21.7. The average Bonchev–Trinajstić information content (AvgIpc) is 2.75. The van der Waals surface area contributed by atoms with Gasteiger partial charge in [-0.1, -0.05) is 12.1 Å². The van der Waals surface area contributed by atoms with E-state index in [0.29, 0.717) is 32.2 Å². The van der Waals surface area contributed by atoms with Crippen molar-refractivity contribution in [3.8, 4) is 5.75 Å². The fourth-order valence-electron chi connectivity index (χ4n) is 3.27. The molecule has 10 heteroatoms. The first-order valence-corrected chi connectivity index (χ1v) is 10.9. The highest BCUT2D eigenvalue weighted by Gasteiger charge is 2.23. The first kappa shape index (κ1) is 22.0. The van der Waals surface area contributed by atoms with Gasteiger partial charge >= 0.3 is 0 Å². The van der Waals surface area contributed by atoms with E-state index < -0.39 is 21.7 Å². The highest BCUT2D eigenvalue weighted by Crippen LogP contribution is 2.28. The average molecular weight is 439 g/mol. The number of nitrogens with one attached hydrogen (secondary N) is 1. The van der Waals surface area contributed by atoms with Gasteiger partial charge in [-0.05, 0) is 30.3 Å². The van der Waals surface area contributed by atoms with Crippen LogP contribution >= 0.6 is 0 Å². The first-order chi connectivity index (χ1) is 14.3. The molecule has 1 heterocycles. The standard InChI is InChI=1S/C20H23F2N3O4S/c1-29-19-5-3-2-4-18(19)24-10-12-25(13-11-24)20(26)8-9-23-30(27,28)15-6-7-16(21)17(22)14-15/h2-7,14,23H,8-13H2,1H3. The number of carbonyl (C=O) groups is 1. The number of nitrogens with zero attached hydrogens (tertiary/aromatic N) is 2. The second kappa shape index (κ2) is 9.40. The van der Waals surface area contributed by atoms with Gasteiger partial charge in [-0.3, -0.25) is 4.79 Å². The number of piperazine rings is 1. The fraction of sp³-hybridized carbons (Fsp3) is 0.350. The van der Waals surface area contributed by atoms with Crippen molar-refractivity contribution >= 4 is 21.6 Å². The molecule has 1 fully saturated rings. The van der Waals surface area contributed by atoms with Crippen LogP contribution in [-0.4, -0.2) is 59.1 Å². The van der Waals surface area contributed by atoms with Crippen molar-refractivity contribution in [2.45, 2.75) is 11.3 Å². The molecule has 0 radical (unpaired) electrons. The van der Waals surface area contributed by atoms with Crippen molar-refractivity contribution in [3.63, 3.8) is 0 Å². The summed E-state index contributed by atoms with van der Waals surface area (Å²) in [5.74, 6) is -1.79. The number of carbonyl (C=O) groups excluding carboxylic acids is 1. The number of para-hydroxylation sites is 2. The molecule has 0 aromatic heterocycles. The lowest BCUT2D eigenvalue weighted by atomic mass is 10.2. The lowest BCUT2D eigenvalue weighted by Gasteiger charge is -2.36. The lowest BCUT2D eigenvalue weighted by Crippen LogP contribution is -2.49. The number of methoxy groups -OCH3 is 1. The second-order valence-corrected chi connectivity index (χ2v) is 8.53. The van der Waals surface area contributed by atoms with E-state index in [1.54, 1.807) is 12.0 Å². The van der Waals surface area contributed by atoms with Crippen LogP contribution in [0.25, 0.3) is 0 Å². The number of hydrogen-bond acceptors (Lipinski definition) is 5. The van der Waals surface area contributed by atoms with E-state index in [1.165, 1.54) is 0 Å². The predicted octanol–water partition coefficient (Wildman–Crippen LogP) is 1.99. The maximum absolute atomic E-state index is 13.3. The highest BCUT2D eigenvalue weighted by atomic mass is 32.2. The number of amides is 1. The third kappa shape index (κ3) is 5.06.